The average molecular weight is 425 g/mol. The summed E-state index contributed by atoms with van der Waals surface area (Å²) < 4.78 is 0. The first-order chi connectivity index (χ1) is 14.3. The molecule has 0 unspecified atom stereocenters. The SMILES string of the molecule is C(#CC1C=CC=C1)c1ccc(-c2ccc(-c3ccc(C#CC4C=CC=C4)s3)s2)s1. The third-order valence-corrected chi connectivity index (χ3v) is 8.00. The summed E-state index contributed by atoms with van der Waals surface area (Å²) in [7, 11) is 0. The van der Waals surface area contributed by atoms with E-state index in [2.05, 4.69) is 109 Å². The van der Waals surface area contributed by atoms with Gasteiger partial charge in [-0.05, 0) is 36.4 Å². The maximum absolute atomic E-state index is 3.30. The Morgan fingerprint density at radius 1 is 0.483 bits per heavy atom. The third-order valence-electron chi connectivity index (χ3n) is 4.52. The van der Waals surface area contributed by atoms with Gasteiger partial charge in [-0.15, -0.1) is 34.0 Å². The van der Waals surface area contributed by atoms with Crippen LogP contribution in [0.1, 0.15) is 9.75 Å². The lowest BCUT2D eigenvalue weighted by molar-refractivity contribution is 1.15. The largest absolute Gasteiger partial charge is 0.134 e. The van der Waals surface area contributed by atoms with Crippen LogP contribution in [0.4, 0.5) is 0 Å². The smallest absolute Gasteiger partial charge is 0.0775 e. The van der Waals surface area contributed by atoms with Crippen molar-refractivity contribution in [1.82, 2.24) is 0 Å². The molecule has 3 heterocycles. The Kier molecular flexibility index (Phi) is 5.20. The van der Waals surface area contributed by atoms with E-state index in [1.54, 1.807) is 22.7 Å². The zero-order chi connectivity index (χ0) is 19.5. The van der Waals surface area contributed by atoms with E-state index in [0.29, 0.717) is 0 Å². The van der Waals surface area contributed by atoms with Gasteiger partial charge in [0, 0.05) is 19.5 Å². The van der Waals surface area contributed by atoms with Gasteiger partial charge in [-0.1, -0.05) is 72.3 Å². The summed E-state index contributed by atoms with van der Waals surface area (Å²) in [6, 6.07) is 13.0. The molecule has 0 aromatic carbocycles. The van der Waals surface area contributed by atoms with Crippen molar-refractivity contribution >= 4 is 34.0 Å². The number of hydrogen-bond acceptors (Lipinski definition) is 3. The zero-order valence-electron chi connectivity index (χ0n) is 15.5. The van der Waals surface area contributed by atoms with Crippen LogP contribution in [0, 0.1) is 35.5 Å². The summed E-state index contributed by atoms with van der Waals surface area (Å²) in [6.45, 7) is 0. The van der Waals surface area contributed by atoms with Gasteiger partial charge in [-0.3, -0.25) is 0 Å². The van der Waals surface area contributed by atoms with Crippen LogP contribution < -0.4 is 0 Å². The molecule has 0 saturated carbocycles. The van der Waals surface area contributed by atoms with Crippen LogP contribution in [-0.2, 0) is 0 Å². The summed E-state index contributed by atoms with van der Waals surface area (Å²) >= 11 is 5.36. The summed E-state index contributed by atoms with van der Waals surface area (Å²) in [6.07, 6.45) is 16.7. The molecule has 0 spiro atoms. The quantitative estimate of drug-likeness (QED) is 0.376. The highest BCUT2D eigenvalue weighted by Gasteiger charge is 2.09. The molecule has 5 rings (SSSR count). The van der Waals surface area contributed by atoms with Gasteiger partial charge >= 0.3 is 0 Å². The summed E-state index contributed by atoms with van der Waals surface area (Å²) in [4.78, 5) is 7.38. The predicted octanol–water partition coefficient (Wildman–Crippen LogP) is 7.39. The molecule has 29 heavy (non-hydrogen) atoms. The predicted molar refractivity (Wildman–Crippen MR) is 128 cm³/mol. The summed E-state index contributed by atoms with van der Waals surface area (Å²) in [5.74, 6) is 13.7. The molecule has 138 valence electrons. The van der Waals surface area contributed by atoms with Gasteiger partial charge in [-0.25, -0.2) is 0 Å². The van der Waals surface area contributed by atoms with Crippen LogP contribution in [0.15, 0.2) is 85.0 Å². The molecule has 0 radical (unpaired) electrons. The fourth-order valence-electron chi connectivity index (χ4n) is 3.04. The van der Waals surface area contributed by atoms with E-state index in [-0.39, 0.29) is 11.8 Å². The molecule has 0 nitrogen and oxygen atoms in total. The minimum atomic E-state index is 0.255. The first-order valence-electron chi connectivity index (χ1n) is 9.37. The molecule has 3 heteroatoms. The third kappa shape index (κ3) is 4.29. The lowest BCUT2D eigenvalue weighted by atomic mass is 10.2. The molecule has 0 amide bonds. The van der Waals surface area contributed by atoms with Crippen molar-refractivity contribution in [3.63, 3.8) is 0 Å². The molecule has 2 aliphatic rings. The molecule has 3 aromatic rings. The molecule has 0 atom stereocenters. The fourth-order valence-corrected chi connectivity index (χ4v) is 5.96. The van der Waals surface area contributed by atoms with Gasteiger partial charge in [0.05, 0.1) is 21.6 Å². The van der Waals surface area contributed by atoms with E-state index < -0.39 is 0 Å². The van der Waals surface area contributed by atoms with Crippen LogP contribution in [0.3, 0.4) is 0 Å². The van der Waals surface area contributed by atoms with Crippen molar-refractivity contribution < 1.29 is 0 Å². The Morgan fingerprint density at radius 2 is 0.862 bits per heavy atom. The summed E-state index contributed by atoms with van der Waals surface area (Å²) in [5.41, 5.74) is 0. The molecule has 2 aliphatic carbocycles. The first kappa shape index (κ1) is 18.2. The van der Waals surface area contributed by atoms with Crippen molar-refractivity contribution in [1.29, 1.82) is 0 Å². The maximum atomic E-state index is 3.30. The Morgan fingerprint density at radius 3 is 1.31 bits per heavy atom. The second kappa shape index (κ2) is 8.27. The van der Waals surface area contributed by atoms with Crippen LogP contribution in [0.25, 0.3) is 19.5 Å². The molecular formula is C26H16S3. The monoisotopic (exact) mass is 424 g/mol. The van der Waals surface area contributed by atoms with Crippen molar-refractivity contribution in [2.75, 3.05) is 0 Å². The molecule has 0 bridgehead atoms. The van der Waals surface area contributed by atoms with E-state index >= 15 is 0 Å². The van der Waals surface area contributed by atoms with E-state index in [4.69, 9.17) is 0 Å². The van der Waals surface area contributed by atoms with E-state index in [1.165, 1.54) is 19.5 Å². The van der Waals surface area contributed by atoms with Gasteiger partial charge in [-0.2, -0.15) is 0 Å². The molecule has 0 fully saturated rings. The fraction of sp³-hybridized carbons (Fsp3) is 0.0769. The first-order valence-corrected chi connectivity index (χ1v) is 11.8. The van der Waals surface area contributed by atoms with E-state index in [9.17, 15) is 0 Å². The minimum Gasteiger partial charge on any atom is -0.134 e. The minimum absolute atomic E-state index is 0.255. The topological polar surface area (TPSA) is 0 Å². The van der Waals surface area contributed by atoms with Crippen LogP contribution in [-0.4, -0.2) is 0 Å². The van der Waals surface area contributed by atoms with Gasteiger partial charge in [0.2, 0.25) is 0 Å². The van der Waals surface area contributed by atoms with Gasteiger partial charge in [0.1, 0.15) is 0 Å². The number of allylic oxidation sites excluding steroid dienone is 8. The molecular weight excluding hydrogens is 408 g/mol. The lowest BCUT2D eigenvalue weighted by Crippen LogP contribution is -1.80. The van der Waals surface area contributed by atoms with Gasteiger partial charge in [0.15, 0.2) is 0 Å². The Balaban J connectivity index is 1.31. The molecule has 3 aromatic heterocycles. The standard InChI is InChI=1S/C26H16S3/c1-2-6-19(5-1)9-11-21-13-15-23(27-21)25-17-18-26(29-25)24-16-14-22(28-24)12-10-20-7-3-4-8-20/h1-8,13-20H. The van der Waals surface area contributed by atoms with Gasteiger partial charge in [0.25, 0.3) is 0 Å². The van der Waals surface area contributed by atoms with Crippen LogP contribution >= 0.6 is 34.0 Å². The average Bonchev–Trinajstić information content (AvgIpc) is 3.54. The highest BCUT2D eigenvalue weighted by Crippen LogP contribution is 2.39. The molecule has 0 aliphatic heterocycles. The van der Waals surface area contributed by atoms with Crippen LogP contribution in [0.5, 0.6) is 0 Å². The Hall–Kier alpha value is -2.82. The van der Waals surface area contributed by atoms with Crippen molar-refractivity contribution in [2.24, 2.45) is 11.8 Å². The zero-order valence-corrected chi connectivity index (χ0v) is 17.9. The van der Waals surface area contributed by atoms with Gasteiger partial charge < -0.3 is 0 Å². The molecule has 0 saturated heterocycles. The van der Waals surface area contributed by atoms with Crippen molar-refractivity contribution in [3.8, 4) is 43.2 Å². The lowest BCUT2D eigenvalue weighted by Gasteiger charge is -1.91. The van der Waals surface area contributed by atoms with E-state index in [1.807, 2.05) is 11.3 Å². The maximum Gasteiger partial charge on any atom is 0.0775 e. The van der Waals surface area contributed by atoms with Crippen LogP contribution in [0.2, 0.25) is 0 Å². The second-order valence-electron chi connectivity index (χ2n) is 6.62. The highest BCUT2D eigenvalue weighted by molar-refractivity contribution is 7.26. The summed E-state index contributed by atoms with van der Waals surface area (Å²) in [5, 5.41) is 0. The molecule has 0 N–H and O–H groups in total. The number of hydrogen-bond donors (Lipinski definition) is 0. The Bertz CT molecular complexity index is 1160. The Labute approximate surface area is 183 Å². The van der Waals surface area contributed by atoms with E-state index in [0.717, 1.165) is 9.75 Å². The van der Waals surface area contributed by atoms with Crippen molar-refractivity contribution in [3.05, 3.63) is 94.8 Å². The highest BCUT2D eigenvalue weighted by atomic mass is 32.1. The van der Waals surface area contributed by atoms with Crippen molar-refractivity contribution in [2.45, 2.75) is 0 Å². The number of rotatable bonds is 2. The normalized spacial score (nSPS) is 14.9. The second-order valence-corrected chi connectivity index (χ2v) is 9.87. The number of thiophene rings is 3.